The van der Waals surface area contributed by atoms with Gasteiger partial charge in [0.25, 0.3) is 5.56 Å². The Morgan fingerprint density at radius 2 is 1.88 bits per heavy atom. The van der Waals surface area contributed by atoms with E-state index in [-0.39, 0.29) is 5.56 Å². The van der Waals surface area contributed by atoms with E-state index >= 15 is 0 Å². The highest BCUT2D eigenvalue weighted by Crippen LogP contribution is 2.11. The number of aromatic nitrogens is 3. The topological polar surface area (TPSA) is 70.7 Å². The van der Waals surface area contributed by atoms with Gasteiger partial charge in [-0.15, -0.1) is 0 Å². The summed E-state index contributed by atoms with van der Waals surface area (Å²) in [6, 6.07) is 14.2. The van der Waals surface area contributed by atoms with E-state index < -0.39 is 0 Å². The Labute approximate surface area is 150 Å². The maximum atomic E-state index is 12.2. The summed E-state index contributed by atoms with van der Waals surface area (Å²) < 4.78 is 0. The number of nitrogens with one attached hydrogen (secondary N) is 2. The lowest BCUT2D eigenvalue weighted by atomic mass is 10.1. The average molecular weight is 352 g/mol. The highest BCUT2D eigenvalue weighted by molar-refractivity contribution is 7.98. The normalized spacial score (nSPS) is 10.6. The number of hydrogen-bond donors (Lipinski definition) is 2. The van der Waals surface area contributed by atoms with Gasteiger partial charge in [-0.3, -0.25) is 14.8 Å². The van der Waals surface area contributed by atoms with Crippen molar-refractivity contribution in [3.8, 4) is 0 Å². The quantitative estimate of drug-likeness (QED) is 0.610. The first-order valence-corrected chi connectivity index (χ1v) is 9.29. The molecule has 25 heavy (non-hydrogen) atoms. The maximum absolute atomic E-state index is 12.2. The van der Waals surface area contributed by atoms with Crippen molar-refractivity contribution < 1.29 is 0 Å². The van der Waals surface area contributed by atoms with Crippen LogP contribution in [0.3, 0.4) is 0 Å². The Hall–Kier alpha value is -2.60. The minimum absolute atomic E-state index is 0.113. The largest absolute Gasteiger partial charge is 0.355 e. The van der Waals surface area contributed by atoms with Crippen molar-refractivity contribution in [3.05, 3.63) is 88.1 Å². The summed E-state index contributed by atoms with van der Waals surface area (Å²) in [6.45, 7) is 0.752. The summed E-state index contributed by atoms with van der Waals surface area (Å²) in [5.41, 5.74) is 2.84. The number of nitrogens with zero attached hydrogens (tertiary/aromatic N) is 2. The standard InChI is InChI=1S/C19H20N4OS/c24-18-17(11-16-7-4-8-20-12-16)13-22-19(23-18)21-9-10-25-14-15-5-2-1-3-6-15/h1-8,12-13H,9-11,14H2,(H2,21,22,23,24). The van der Waals surface area contributed by atoms with E-state index in [0.717, 1.165) is 23.6 Å². The Kier molecular flexibility index (Phi) is 6.23. The molecular weight excluding hydrogens is 332 g/mol. The molecule has 0 amide bonds. The van der Waals surface area contributed by atoms with Crippen LogP contribution in [0.25, 0.3) is 0 Å². The number of thioether (sulfide) groups is 1. The highest BCUT2D eigenvalue weighted by atomic mass is 32.2. The van der Waals surface area contributed by atoms with Crippen molar-refractivity contribution in [3.63, 3.8) is 0 Å². The second-order valence-corrected chi connectivity index (χ2v) is 6.69. The minimum atomic E-state index is -0.113. The monoisotopic (exact) mass is 352 g/mol. The molecule has 3 aromatic rings. The lowest BCUT2D eigenvalue weighted by molar-refractivity contribution is 1.00. The van der Waals surface area contributed by atoms with Gasteiger partial charge in [-0.05, 0) is 17.2 Å². The summed E-state index contributed by atoms with van der Waals surface area (Å²) in [5.74, 6) is 2.44. The molecule has 0 fully saturated rings. The first-order chi connectivity index (χ1) is 12.3. The van der Waals surface area contributed by atoms with Crippen LogP contribution in [-0.4, -0.2) is 27.2 Å². The molecule has 0 aliphatic rings. The lowest BCUT2D eigenvalue weighted by Gasteiger charge is -2.06. The van der Waals surface area contributed by atoms with Gasteiger partial charge in [0.15, 0.2) is 0 Å². The van der Waals surface area contributed by atoms with E-state index in [2.05, 4.69) is 44.5 Å². The molecule has 3 rings (SSSR count). The van der Waals surface area contributed by atoms with E-state index in [1.807, 2.05) is 30.0 Å². The summed E-state index contributed by atoms with van der Waals surface area (Å²) in [7, 11) is 0. The second kappa shape index (κ2) is 9.03. The van der Waals surface area contributed by atoms with Crippen LogP contribution < -0.4 is 10.9 Å². The fourth-order valence-corrected chi connectivity index (χ4v) is 3.18. The Bertz CT molecular complexity index is 837. The van der Waals surface area contributed by atoms with Gasteiger partial charge in [-0.2, -0.15) is 11.8 Å². The number of H-pyrrole nitrogens is 1. The number of rotatable bonds is 8. The van der Waals surface area contributed by atoms with E-state index in [1.54, 1.807) is 18.6 Å². The van der Waals surface area contributed by atoms with E-state index in [9.17, 15) is 4.79 Å². The van der Waals surface area contributed by atoms with E-state index in [4.69, 9.17) is 0 Å². The van der Waals surface area contributed by atoms with Crippen molar-refractivity contribution in [1.82, 2.24) is 15.0 Å². The van der Waals surface area contributed by atoms with Crippen LogP contribution in [0.15, 0.2) is 65.8 Å². The van der Waals surface area contributed by atoms with Gasteiger partial charge in [0, 0.05) is 48.6 Å². The zero-order valence-corrected chi connectivity index (χ0v) is 14.6. The first kappa shape index (κ1) is 17.2. The molecule has 0 saturated carbocycles. The van der Waals surface area contributed by atoms with Gasteiger partial charge in [-0.25, -0.2) is 4.98 Å². The van der Waals surface area contributed by atoms with Gasteiger partial charge in [0.1, 0.15) is 0 Å². The molecule has 0 unspecified atom stereocenters. The predicted molar refractivity (Wildman–Crippen MR) is 103 cm³/mol. The number of pyridine rings is 1. The Morgan fingerprint density at radius 1 is 1.04 bits per heavy atom. The molecule has 0 spiro atoms. The number of aromatic amines is 1. The molecule has 0 bridgehead atoms. The van der Waals surface area contributed by atoms with Crippen LogP contribution in [0.5, 0.6) is 0 Å². The molecule has 5 nitrogen and oxygen atoms in total. The van der Waals surface area contributed by atoms with Crippen LogP contribution in [-0.2, 0) is 12.2 Å². The van der Waals surface area contributed by atoms with Crippen LogP contribution >= 0.6 is 11.8 Å². The second-order valence-electron chi connectivity index (χ2n) is 5.59. The molecule has 2 heterocycles. The number of anilines is 1. The van der Waals surface area contributed by atoms with Crippen molar-refractivity contribution in [2.24, 2.45) is 0 Å². The smallest absolute Gasteiger partial charge is 0.255 e. The molecule has 6 heteroatoms. The molecule has 0 atom stereocenters. The molecule has 0 aliphatic carbocycles. The van der Waals surface area contributed by atoms with Crippen molar-refractivity contribution in [2.75, 3.05) is 17.6 Å². The third kappa shape index (κ3) is 5.46. The third-order valence-corrected chi connectivity index (χ3v) is 4.67. The first-order valence-electron chi connectivity index (χ1n) is 8.14. The Morgan fingerprint density at radius 3 is 2.64 bits per heavy atom. The van der Waals surface area contributed by atoms with Crippen molar-refractivity contribution in [1.29, 1.82) is 0 Å². The molecule has 128 valence electrons. The number of benzene rings is 1. The van der Waals surface area contributed by atoms with Crippen molar-refractivity contribution in [2.45, 2.75) is 12.2 Å². The van der Waals surface area contributed by atoms with Gasteiger partial charge < -0.3 is 5.32 Å². The number of hydrogen-bond acceptors (Lipinski definition) is 5. The SMILES string of the molecule is O=c1[nH]c(NCCSCc2ccccc2)ncc1Cc1cccnc1. The van der Waals surface area contributed by atoms with E-state index in [0.29, 0.717) is 17.9 Å². The summed E-state index contributed by atoms with van der Waals surface area (Å²) in [6.07, 6.45) is 5.64. The third-order valence-electron chi connectivity index (χ3n) is 3.64. The maximum Gasteiger partial charge on any atom is 0.255 e. The summed E-state index contributed by atoms with van der Waals surface area (Å²) in [4.78, 5) is 23.3. The molecule has 0 saturated heterocycles. The van der Waals surface area contributed by atoms with Crippen LogP contribution in [0.4, 0.5) is 5.95 Å². The molecular formula is C19H20N4OS. The molecule has 0 aliphatic heterocycles. The summed E-state index contributed by atoms with van der Waals surface area (Å²) >= 11 is 1.85. The zero-order chi connectivity index (χ0) is 17.3. The van der Waals surface area contributed by atoms with E-state index in [1.165, 1.54) is 5.56 Å². The van der Waals surface area contributed by atoms with Crippen LogP contribution in [0.1, 0.15) is 16.7 Å². The van der Waals surface area contributed by atoms with Gasteiger partial charge in [0.2, 0.25) is 5.95 Å². The molecule has 2 N–H and O–H groups in total. The minimum Gasteiger partial charge on any atom is -0.355 e. The van der Waals surface area contributed by atoms with Crippen LogP contribution in [0, 0.1) is 0 Å². The Balaban J connectivity index is 1.45. The van der Waals surface area contributed by atoms with Gasteiger partial charge in [0.05, 0.1) is 0 Å². The average Bonchev–Trinajstić information content (AvgIpc) is 2.65. The fraction of sp³-hybridized carbons (Fsp3) is 0.211. The van der Waals surface area contributed by atoms with Crippen molar-refractivity contribution >= 4 is 17.7 Å². The fourth-order valence-electron chi connectivity index (χ4n) is 2.37. The summed E-state index contributed by atoms with van der Waals surface area (Å²) in [5, 5.41) is 3.16. The van der Waals surface area contributed by atoms with Gasteiger partial charge >= 0.3 is 0 Å². The lowest BCUT2D eigenvalue weighted by Crippen LogP contribution is -2.18. The van der Waals surface area contributed by atoms with Gasteiger partial charge in [-0.1, -0.05) is 36.4 Å². The zero-order valence-electron chi connectivity index (χ0n) is 13.8. The molecule has 2 aromatic heterocycles. The molecule has 1 aromatic carbocycles. The molecule has 0 radical (unpaired) electrons. The van der Waals surface area contributed by atoms with Crippen LogP contribution in [0.2, 0.25) is 0 Å². The highest BCUT2D eigenvalue weighted by Gasteiger charge is 2.04. The predicted octanol–water partition coefficient (Wildman–Crippen LogP) is 3.10.